The summed E-state index contributed by atoms with van der Waals surface area (Å²) < 4.78 is 0. The van der Waals surface area contributed by atoms with Crippen LogP contribution in [0.5, 0.6) is 0 Å². The van der Waals surface area contributed by atoms with Crippen molar-refractivity contribution in [2.75, 3.05) is 11.4 Å². The minimum absolute atomic E-state index is 0.0753. The van der Waals surface area contributed by atoms with E-state index in [0.717, 1.165) is 18.7 Å². The van der Waals surface area contributed by atoms with E-state index in [0.29, 0.717) is 12.8 Å². The summed E-state index contributed by atoms with van der Waals surface area (Å²) >= 11 is 0. The van der Waals surface area contributed by atoms with Gasteiger partial charge < -0.3 is 4.90 Å². The zero-order valence-corrected chi connectivity index (χ0v) is 11.7. The number of benzene rings is 1. The van der Waals surface area contributed by atoms with E-state index >= 15 is 0 Å². The number of carbonyl (C=O) groups excluding carboxylic acids is 2. The van der Waals surface area contributed by atoms with Crippen LogP contribution < -0.4 is 4.90 Å². The van der Waals surface area contributed by atoms with Gasteiger partial charge in [0.15, 0.2) is 5.78 Å². The highest BCUT2D eigenvalue weighted by Gasteiger charge is 2.50. The number of anilines is 1. The monoisotopic (exact) mass is 269 g/mol. The minimum atomic E-state index is -0.528. The van der Waals surface area contributed by atoms with Gasteiger partial charge in [0.1, 0.15) is 0 Å². The topological polar surface area (TPSA) is 37.4 Å². The van der Waals surface area contributed by atoms with Gasteiger partial charge in [-0.2, -0.15) is 0 Å². The van der Waals surface area contributed by atoms with Crippen molar-refractivity contribution in [1.29, 1.82) is 0 Å². The Hall–Kier alpha value is -1.90. The maximum absolute atomic E-state index is 13.0. The van der Waals surface area contributed by atoms with Crippen molar-refractivity contribution in [2.24, 2.45) is 11.3 Å². The molecule has 1 heterocycles. The molecule has 1 aromatic carbocycles. The molecule has 104 valence electrons. The van der Waals surface area contributed by atoms with Crippen LogP contribution in [0.4, 0.5) is 5.69 Å². The Labute approximate surface area is 119 Å². The van der Waals surface area contributed by atoms with E-state index in [-0.39, 0.29) is 17.6 Å². The molecule has 1 aromatic rings. The predicted molar refractivity (Wildman–Crippen MR) is 78.4 cm³/mol. The highest BCUT2D eigenvalue weighted by molar-refractivity contribution is 6.03. The van der Waals surface area contributed by atoms with Crippen molar-refractivity contribution >= 4 is 17.4 Å². The summed E-state index contributed by atoms with van der Waals surface area (Å²) in [5.74, 6) is 0.440. The fourth-order valence-corrected chi connectivity index (χ4v) is 3.42. The Morgan fingerprint density at radius 2 is 1.95 bits per heavy atom. The van der Waals surface area contributed by atoms with Crippen molar-refractivity contribution in [2.45, 2.75) is 26.2 Å². The summed E-state index contributed by atoms with van der Waals surface area (Å²) in [6.45, 7) is 2.84. The molecule has 0 aromatic heterocycles. The Bertz CT molecular complexity index is 564. The van der Waals surface area contributed by atoms with Gasteiger partial charge in [-0.15, -0.1) is 0 Å². The first-order valence-electron chi connectivity index (χ1n) is 7.20. The van der Waals surface area contributed by atoms with Crippen molar-refractivity contribution in [1.82, 2.24) is 0 Å². The van der Waals surface area contributed by atoms with Gasteiger partial charge in [-0.3, -0.25) is 9.59 Å². The molecule has 1 aliphatic carbocycles. The van der Waals surface area contributed by atoms with Gasteiger partial charge in [0.05, 0.1) is 5.41 Å². The number of carbonyl (C=O) groups is 2. The maximum atomic E-state index is 13.0. The van der Waals surface area contributed by atoms with Crippen molar-refractivity contribution in [3.63, 3.8) is 0 Å². The van der Waals surface area contributed by atoms with Crippen LogP contribution in [0.1, 0.15) is 26.2 Å². The normalized spacial score (nSPS) is 30.1. The smallest absolute Gasteiger partial charge is 0.234 e. The molecule has 1 amide bonds. The van der Waals surface area contributed by atoms with Crippen LogP contribution in [0.15, 0.2) is 42.5 Å². The molecule has 3 rings (SSSR count). The van der Waals surface area contributed by atoms with Gasteiger partial charge >= 0.3 is 0 Å². The summed E-state index contributed by atoms with van der Waals surface area (Å²) in [5.41, 5.74) is 0.408. The largest absolute Gasteiger partial charge is 0.312 e. The van der Waals surface area contributed by atoms with Crippen LogP contribution in [0.25, 0.3) is 0 Å². The number of para-hydroxylation sites is 1. The van der Waals surface area contributed by atoms with Crippen molar-refractivity contribution in [3.8, 4) is 0 Å². The number of rotatable bonds is 1. The highest BCUT2D eigenvalue weighted by Crippen LogP contribution is 2.45. The molecule has 0 radical (unpaired) electrons. The van der Waals surface area contributed by atoms with Gasteiger partial charge in [0.25, 0.3) is 0 Å². The highest BCUT2D eigenvalue weighted by atomic mass is 16.2. The predicted octanol–water partition coefficient (Wildman–Crippen LogP) is 2.96. The van der Waals surface area contributed by atoms with Crippen molar-refractivity contribution in [3.05, 3.63) is 42.5 Å². The summed E-state index contributed by atoms with van der Waals surface area (Å²) in [6.07, 6.45) is 5.47. The number of hydrogen-bond donors (Lipinski definition) is 0. The summed E-state index contributed by atoms with van der Waals surface area (Å²) in [7, 11) is 0. The third kappa shape index (κ3) is 1.98. The SMILES string of the molecule is C[C@@H]1CCN(c2ccccc2)C(=O)[C@@]12CC=CC(=O)C2. The zero-order valence-electron chi connectivity index (χ0n) is 11.7. The number of ketones is 1. The molecule has 3 heteroatoms. The van der Waals surface area contributed by atoms with Gasteiger partial charge in [0, 0.05) is 18.7 Å². The van der Waals surface area contributed by atoms with E-state index in [9.17, 15) is 9.59 Å². The average Bonchev–Trinajstić information content (AvgIpc) is 2.46. The first-order valence-corrected chi connectivity index (χ1v) is 7.20. The van der Waals surface area contributed by atoms with Crippen LogP contribution in [0, 0.1) is 11.3 Å². The molecule has 1 saturated heterocycles. The first-order chi connectivity index (χ1) is 9.63. The van der Waals surface area contributed by atoms with Crippen LogP contribution >= 0.6 is 0 Å². The van der Waals surface area contributed by atoms with E-state index in [4.69, 9.17) is 0 Å². The molecular weight excluding hydrogens is 250 g/mol. The second-order valence-electron chi connectivity index (χ2n) is 5.89. The van der Waals surface area contributed by atoms with Gasteiger partial charge in [-0.1, -0.05) is 31.2 Å². The molecule has 0 unspecified atom stereocenters. The number of piperidine rings is 1. The number of allylic oxidation sites excluding steroid dienone is 2. The second kappa shape index (κ2) is 4.89. The molecule has 1 aliphatic heterocycles. The average molecular weight is 269 g/mol. The van der Waals surface area contributed by atoms with Gasteiger partial charge in [-0.25, -0.2) is 0 Å². The van der Waals surface area contributed by atoms with E-state index in [1.165, 1.54) is 0 Å². The third-order valence-corrected chi connectivity index (χ3v) is 4.74. The number of nitrogens with zero attached hydrogens (tertiary/aromatic N) is 1. The summed E-state index contributed by atoms with van der Waals surface area (Å²) in [4.78, 5) is 26.7. The molecule has 1 fully saturated rings. The lowest BCUT2D eigenvalue weighted by Gasteiger charge is -2.46. The maximum Gasteiger partial charge on any atom is 0.234 e. The van der Waals surface area contributed by atoms with E-state index in [1.807, 2.05) is 41.3 Å². The molecule has 0 bridgehead atoms. The lowest BCUT2D eigenvalue weighted by Crippen LogP contribution is -2.54. The number of amides is 1. The molecular formula is C17H19NO2. The molecule has 0 saturated carbocycles. The van der Waals surface area contributed by atoms with Gasteiger partial charge in [-0.05, 0) is 37.0 Å². The molecule has 20 heavy (non-hydrogen) atoms. The number of hydrogen-bond acceptors (Lipinski definition) is 2. The fraction of sp³-hybridized carbons (Fsp3) is 0.412. The lowest BCUT2D eigenvalue weighted by atomic mass is 9.64. The summed E-state index contributed by atoms with van der Waals surface area (Å²) in [5, 5.41) is 0. The lowest BCUT2D eigenvalue weighted by molar-refractivity contribution is -0.138. The molecule has 2 atom stereocenters. The van der Waals surface area contributed by atoms with Crippen LogP contribution in [-0.4, -0.2) is 18.2 Å². The van der Waals surface area contributed by atoms with E-state index in [1.54, 1.807) is 6.08 Å². The van der Waals surface area contributed by atoms with E-state index in [2.05, 4.69) is 6.92 Å². The Morgan fingerprint density at radius 1 is 1.20 bits per heavy atom. The quantitative estimate of drug-likeness (QED) is 0.786. The Morgan fingerprint density at radius 3 is 2.65 bits per heavy atom. The zero-order chi connectivity index (χ0) is 14.2. The first kappa shape index (κ1) is 13.1. The molecule has 2 aliphatic rings. The molecule has 3 nitrogen and oxygen atoms in total. The van der Waals surface area contributed by atoms with E-state index < -0.39 is 5.41 Å². The van der Waals surface area contributed by atoms with Crippen LogP contribution in [0.3, 0.4) is 0 Å². The standard InChI is InChI=1S/C17H19NO2/c1-13-9-11-18(14-6-3-2-4-7-14)16(20)17(13)10-5-8-15(19)12-17/h2-8,13H,9-12H2,1H3/t13-,17-/m1/s1. The second-order valence-corrected chi connectivity index (χ2v) is 5.89. The Balaban J connectivity index is 1.97. The van der Waals surface area contributed by atoms with Crippen molar-refractivity contribution < 1.29 is 9.59 Å². The van der Waals surface area contributed by atoms with Crippen LogP contribution in [0.2, 0.25) is 0 Å². The Kier molecular flexibility index (Phi) is 3.20. The molecule has 0 N–H and O–H groups in total. The minimum Gasteiger partial charge on any atom is -0.312 e. The summed E-state index contributed by atoms with van der Waals surface area (Å²) in [6, 6.07) is 9.76. The molecule has 1 spiro atoms. The third-order valence-electron chi connectivity index (χ3n) is 4.74. The fourth-order valence-electron chi connectivity index (χ4n) is 3.42. The van der Waals surface area contributed by atoms with Crippen LogP contribution in [-0.2, 0) is 9.59 Å². The van der Waals surface area contributed by atoms with Gasteiger partial charge in [0.2, 0.25) is 5.91 Å².